The van der Waals surface area contributed by atoms with Gasteiger partial charge in [-0.2, -0.15) is 5.10 Å². The highest BCUT2D eigenvalue weighted by molar-refractivity contribution is 9.09. The molecule has 1 aromatic heterocycles. The zero-order valence-corrected chi connectivity index (χ0v) is 12.5. The molecular weight excluding hydrogens is 294 g/mol. The Hall–Kier alpha value is -0.840. The van der Waals surface area contributed by atoms with Gasteiger partial charge in [0.2, 0.25) is 0 Å². The van der Waals surface area contributed by atoms with Crippen LogP contribution < -0.4 is 5.32 Å². The largest absolute Gasteiger partial charge is 0.350 e. The van der Waals surface area contributed by atoms with Gasteiger partial charge in [-0.05, 0) is 31.7 Å². The number of nitrogens with one attached hydrogen (secondary N) is 1. The zero-order chi connectivity index (χ0) is 13.1. The summed E-state index contributed by atoms with van der Waals surface area (Å²) >= 11 is 3.71. The molecule has 4 nitrogen and oxygen atoms in total. The Morgan fingerprint density at radius 3 is 2.89 bits per heavy atom. The number of aromatic nitrogens is 2. The SMILES string of the molecule is Cc1cc(C(=O)NCC2CCCCC2Br)nn1C. The third kappa shape index (κ3) is 3.13. The number of rotatable bonds is 3. The summed E-state index contributed by atoms with van der Waals surface area (Å²) in [6, 6.07) is 1.82. The van der Waals surface area contributed by atoms with Crippen molar-refractivity contribution < 1.29 is 4.79 Å². The maximum Gasteiger partial charge on any atom is 0.271 e. The fourth-order valence-corrected chi connectivity index (χ4v) is 3.15. The maximum atomic E-state index is 12.0. The Balaban J connectivity index is 1.88. The lowest BCUT2D eigenvalue weighted by Crippen LogP contribution is -2.34. The molecule has 2 rings (SSSR count). The summed E-state index contributed by atoms with van der Waals surface area (Å²) in [5.41, 5.74) is 1.51. The second kappa shape index (κ2) is 5.87. The molecule has 1 N–H and O–H groups in total. The Kier molecular flexibility index (Phi) is 4.43. The number of alkyl halides is 1. The van der Waals surface area contributed by atoms with Crippen molar-refractivity contribution in [3.8, 4) is 0 Å². The zero-order valence-electron chi connectivity index (χ0n) is 10.9. The Bertz CT molecular complexity index is 410. The predicted molar refractivity (Wildman–Crippen MR) is 75.0 cm³/mol. The lowest BCUT2D eigenvalue weighted by molar-refractivity contribution is 0.0939. The van der Waals surface area contributed by atoms with Crippen molar-refractivity contribution in [1.82, 2.24) is 15.1 Å². The number of carbonyl (C=O) groups excluding carboxylic acids is 1. The van der Waals surface area contributed by atoms with Crippen LogP contribution in [0.15, 0.2) is 6.07 Å². The van der Waals surface area contributed by atoms with Crippen molar-refractivity contribution in [3.63, 3.8) is 0 Å². The van der Waals surface area contributed by atoms with Crippen molar-refractivity contribution in [2.75, 3.05) is 6.54 Å². The highest BCUT2D eigenvalue weighted by atomic mass is 79.9. The van der Waals surface area contributed by atoms with Gasteiger partial charge in [-0.1, -0.05) is 28.8 Å². The Labute approximate surface area is 116 Å². The fraction of sp³-hybridized carbons (Fsp3) is 0.692. The van der Waals surface area contributed by atoms with Gasteiger partial charge in [0.05, 0.1) is 0 Å². The first kappa shape index (κ1) is 13.6. The summed E-state index contributed by atoms with van der Waals surface area (Å²) in [6.45, 7) is 2.68. The minimum Gasteiger partial charge on any atom is -0.350 e. The normalized spacial score (nSPS) is 23.9. The number of halogens is 1. The van der Waals surface area contributed by atoms with E-state index in [9.17, 15) is 4.79 Å². The molecular formula is C13H20BrN3O. The van der Waals surface area contributed by atoms with E-state index >= 15 is 0 Å². The third-order valence-corrected chi connectivity index (χ3v) is 4.89. The molecule has 1 saturated carbocycles. The Morgan fingerprint density at radius 1 is 1.56 bits per heavy atom. The molecule has 1 aromatic rings. The lowest BCUT2D eigenvalue weighted by atomic mass is 9.89. The number of hydrogen-bond donors (Lipinski definition) is 1. The van der Waals surface area contributed by atoms with Gasteiger partial charge in [-0.3, -0.25) is 9.48 Å². The van der Waals surface area contributed by atoms with E-state index in [0.29, 0.717) is 16.4 Å². The highest BCUT2D eigenvalue weighted by Gasteiger charge is 2.23. The molecule has 1 fully saturated rings. The van der Waals surface area contributed by atoms with E-state index in [0.717, 1.165) is 12.2 Å². The van der Waals surface area contributed by atoms with E-state index in [1.807, 2.05) is 20.0 Å². The molecule has 0 bridgehead atoms. The average molecular weight is 314 g/mol. The molecule has 1 aliphatic carbocycles. The summed E-state index contributed by atoms with van der Waals surface area (Å²) in [5, 5.41) is 7.18. The molecule has 1 aliphatic rings. The van der Waals surface area contributed by atoms with E-state index < -0.39 is 0 Å². The lowest BCUT2D eigenvalue weighted by Gasteiger charge is -2.27. The summed E-state index contributed by atoms with van der Waals surface area (Å²) in [4.78, 5) is 12.5. The minimum absolute atomic E-state index is 0.0658. The van der Waals surface area contributed by atoms with E-state index in [2.05, 4.69) is 26.3 Å². The topological polar surface area (TPSA) is 46.9 Å². The number of aryl methyl sites for hydroxylation is 2. The van der Waals surface area contributed by atoms with Crippen LogP contribution in [-0.4, -0.2) is 27.1 Å². The van der Waals surface area contributed by atoms with Crippen LogP contribution in [0.4, 0.5) is 0 Å². The van der Waals surface area contributed by atoms with Gasteiger partial charge < -0.3 is 5.32 Å². The van der Waals surface area contributed by atoms with Crippen LogP contribution in [0.2, 0.25) is 0 Å². The second-order valence-electron chi connectivity index (χ2n) is 5.07. The minimum atomic E-state index is -0.0658. The maximum absolute atomic E-state index is 12.0. The first-order valence-electron chi connectivity index (χ1n) is 6.51. The molecule has 5 heteroatoms. The highest BCUT2D eigenvalue weighted by Crippen LogP contribution is 2.29. The first-order valence-corrected chi connectivity index (χ1v) is 7.42. The molecule has 0 saturated heterocycles. The second-order valence-corrected chi connectivity index (χ2v) is 6.24. The number of carbonyl (C=O) groups is 1. The van der Waals surface area contributed by atoms with Crippen LogP contribution in [0.1, 0.15) is 41.9 Å². The van der Waals surface area contributed by atoms with Crippen LogP contribution in [-0.2, 0) is 7.05 Å². The predicted octanol–water partition coefficient (Wildman–Crippen LogP) is 2.41. The molecule has 18 heavy (non-hydrogen) atoms. The molecule has 0 aromatic carbocycles. The van der Waals surface area contributed by atoms with Crippen LogP contribution in [0.25, 0.3) is 0 Å². The fourth-order valence-electron chi connectivity index (χ4n) is 2.38. The Morgan fingerprint density at radius 2 is 2.28 bits per heavy atom. The monoisotopic (exact) mass is 313 g/mol. The number of amides is 1. The van der Waals surface area contributed by atoms with Gasteiger partial charge in [0.1, 0.15) is 5.69 Å². The summed E-state index contributed by atoms with van der Waals surface area (Å²) in [7, 11) is 1.85. The van der Waals surface area contributed by atoms with E-state index in [1.54, 1.807) is 4.68 Å². The van der Waals surface area contributed by atoms with Crippen molar-refractivity contribution in [3.05, 3.63) is 17.5 Å². The van der Waals surface area contributed by atoms with Gasteiger partial charge in [-0.25, -0.2) is 0 Å². The van der Waals surface area contributed by atoms with Gasteiger partial charge in [0.25, 0.3) is 5.91 Å². The molecule has 2 atom stereocenters. The molecule has 2 unspecified atom stereocenters. The number of nitrogens with zero attached hydrogens (tertiary/aromatic N) is 2. The first-order chi connectivity index (χ1) is 8.58. The van der Waals surface area contributed by atoms with Crippen molar-refractivity contribution in [2.45, 2.75) is 37.4 Å². The summed E-state index contributed by atoms with van der Waals surface area (Å²) < 4.78 is 1.73. The molecule has 1 amide bonds. The van der Waals surface area contributed by atoms with Gasteiger partial charge >= 0.3 is 0 Å². The van der Waals surface area contributed by atoms with Crippen molar-refractivity contribution in [1.29, 1.82) is 0 Å². The van der Waals surface area contributed by atoms with Crippen LogP contribution >= 0.6 is 15.9 Å². The molecule has 100 valence electrons. The molecule has 0 aliphatic heterocycles. The smallest absolute Gasteiger partial charge is 0.271 e. The molecule has 0 spiro atoms. The number of hydrogen-bond acceptors (Lipinski definition) is 2. The average Bonchev–Trinajstić information content (AvgIpc) is 2.68. The molecule has 1 heterocycles. The van der Waals surface area contributed by atoms with Gasteiger partial charge in [-0.15, -0.1) is 0 Å². The van der Waals surface area contributed by atoms with Crippen molar-refractivity contribution in [2.24, 2.45) is 13.0 Å². The summed E-state index contributed by atoms with van der Waals surface area (Å²) in [5.74, 6) is 0.483. The van der Waals surface area contributed by atoms with Crippen LogP contribution in [0.3, 0.4) is 0 Å². The third-order valence-electron chi connectivity index (χ3n) is 3.69. The van der Waals surface area contributed by atoms with E-state index in [4.69, 9.17) is 0 Å². The van der Waals surface area contributed by atoms with Crippen LogP contribution in [0, 0.1) is 12.8 Å². The van der Waals surface area contributed by atoms with Gasteiger partial charge in [0, 0.05) is 24.1 Å². The van der Waals surface area contributed by atoms with E-state index in [-0.39, 0.29) is 5.91 Å². The molecule has 0 radical (unpaired) electrons. The van der Waals surface area contributed by atoms with Crippen LogP contribution in [0.5, 0.6) is 0 Å². The van der Waals surface area contributed by atoms with Crippen molar-refractivity contribution >= 4 is 21.8 Å². The quantitative estimate of drug-likeness (QED) is 0.871. The standard InChI is InChI=1S/C13H20BrN3O/c1-9-7-12(16-17(9)2)13(18)15-8-10-5-3-4-6-11(10)14/h7,10-11H,3-6,8H2,1-2H3,(H,15,18). The summed E-state index contributed by atoms with van der Waals surface area (Å²) in [6.07, 6.45) is 4.96. The van der Waals surface area contributed by atoms with Gasteiger partial charge in [0.15, 0.2) is 0 Å². The van der Waals surface area contributed by atoms with E-state index in [1.165, 1.54) is 25.7 Å².